The highest BCUT2D eigenvalue weighted by Gasteiger charge is 2.31. The van der Waals surface area contributed by atoms with Crippen LogP contribution in [0, 0.1) is 6.92 Å². The standard InChI is InChI=1S/C26H26N2O5S/c1-19-5-4-8-22(15-19)28(18-26(29)27-12-11-20-6-2-3-7-21(20)17-27)34(30,31)23-9-10-24-25(16-23)33-14-13-32-24/h2-10,15-16H,11-14,17-18H2,1H3. The normalized spacial score (nSPS) is 14.9. The summed E-state index contributed by atoms with van der Waals surface area (Å²) in [5, 5.41) is 0. The second-order valence-electron chi connectivity index (χ2n) is 8.49. The molecule has 8 heteroatoms. The lowest BCUT2D eigenvalue weighted by Crippen LogP contribution is -2.44. The van der Waals surface area contributed by atoms with Gasteiger partial charge in [-0.15, -0.1) is 0 Å². The number of anilines is 1. The fourth-order valence-electron chi connectivity index (χ4n) is 4.34. The van der Waals surface area contributed by atoms with Gasteiger partial charge >= 0.3 is 0 Å². The number of benzene rings is 3. The number of carbonyl (C=O) groups is 1. The van der Waals surface area contributed by atoms with Gasteiger partial charge in [0.25, 0.3) is 10.0 Å². The van der Waals surface area contributed by atoms with E-state index in [1.165, 1.54) is 22.0 Å². The Balaban J connectivity index is 1.47. The number of sulfonamides is 1. The molecule has 0 aromatic heterocycles. The molecule has 0 unspecified atom stereocenters. The van der Waals surface area contributed by atoms with E-state index in [2.05, 4.69) is 6.07 Å². The summed E-state index contributed by atoms with van der Waals surface area (Å²) in [6.07, 6.45) is 0.751. The average Bonchev–Trinajstić information content (AvgIpc) is 2.86. The van der Waals surface area contributed by atoms with E-state index in [9.17, 15) is 13.2 Å². The third-order valence-corrected chi connectivity index (χ3v) is 7.92. The number of fused-ring (bicyclic) bond motifs is 2. The molecule has 3 aromatic rings. The molecule has 7 nitrogen and oxygen atoms in total. The zero-order valence-corrected chi connectivity index (χ0v) is 19.8. The minimum absolute atomic E-state index is 0.0510. The summed E-state index contributed by atoms with van der Waals surface area (Å²) in [4.78, 5) is 15.1. The molecule has 0 atom stereocenters. The van der Waals surface area contributed by atoms with E-state index in [1.807, 2.05) is 31.2 Å². The Hall–Kier alpha value is -3.52. The SMILES string of the molecule is Cc1cccc(N(CC(=O)N2CCc3ccccc3C2)S(=O)(=O)c2ccc3c(c2)OCCO3)c1. The minimum atomic E-state index is -4.05. The van der Waals surface area contributed by atoms with Gasteiger partial charge in [-0.25, -0.2) is 8.42 Å². The van der Waals surface area contributed by atoms with Gasteiger partial charge < -0.3 is 14.4 Å². The maximum atomic E-state index is 13.8. The summed E-state index contributed by atoms with van der Waals surface area (Å²) in [7, 11) is -4.05. The van der Waals surface area contributed by atoms with Crippen molar-refractivity contribution in [1.29, 1.82) is 0 Å². The van der Waals surface area contributed by atoms with Crippen LogP contribution in [0.4, 0.5) is 5.69 Å². The Kier molecular flexibility index (Phi) is 5.91. The molecule has 0 fully saturated rings. The van der Waals surface area contributed by atoms with Crippen LogP contribution in [0.2, 0.25) is 0 Å². The number of hydrogen-bond donors (Lipinski definition) is 0. The predicted octanol–water partition coefficient (Wildman–Crippen LogP) is 3.55. The van der Waals surface area contributed by atoms with E-state index >= 15 is 0 Å². The van der Waals surface area contributed by atoms with Crippen LogP contribution in [0.25, 0.3) is 0 Å². The molecule has 5 rings (SSSR count). The van der Waals surface area contributed by atoms with Crippen LogP contribution < -0.4 is 13.8 Å². The molecule has 2 aliphatic heterocycles. The molecule has 0 aliphatic carbocycles. The zero-order valence-electron chi connectivity index (χ0n) is 18.9. The number of amides is 1. The number of aryl methyl sites for hydroxylation is 1. The first-order valence-corrected chi connectivity index (χ1v) is 12.7. The van der Waals surface area contributed by atoms with E-state index in [1.54, 1.807) is 29.2 Å². The van der Waals surface area contributed by atoms with Crippen LogP contribution in [0.5, 0.6) is 11.5 Å². The Labute approximate surface area is 199 Å². The van der Waals surface area contributed by atoms with Crippen molar-refractivity contribution in [3.8, 4) is 11.5 Å². The number of hydrogen-bond acceptors (Lipinski definition) is 5. The number of rotatable bonds is 5. The summed E-state index contributed by atoms with van der Waals surface area (Å²) in [6.45, 7) is 3.40. The molecule has 2 aliphatic rings. The van der Waals surface area contributed by atoms with Crippen molar-refractivity contribution in [2.75, 3.05) is 30.6 Å². The number of carbonyl (C=O) groups excluding carboxylic acids is 1. The lowest BCUT2D eigenvalue weighted by Gasteiger charge is -2.32. The van der Waals surface area contributed by atoms with Gasteiger partial charge in [0.2, 0.25) is 5.91 Å². The quantitative estimate of drug-likeness (QED) is 0.561. The monoisotopic (exact) mass is 478 g/mol. The van der Waals surface area contributed by atoms with Crippen molar-refractivity contribution in [2.24, 2.45) is 0 Å². The Morgan fingerprint density at radius 2 is 1.71 bits per heavy atom. The van der Waals surface area contributed by atoms with Gasteiger partial charge in [-0.2, -0.15) is 0 Å². The van der Waals surface area contributed by atoms with E-state index in [4.69, 9.17) is 9.47 Å². The maximum Gasteiger partial charge on any atom is 0.264 e. The van der Waals surface area contributed by atoms with Crippen LogP contribution in [0.1, 0.15) is 16.7 Å². The highest BCUT2D eigenvalue weighted by atomic mass is 32.2. The third-order valence-electron chi connectivity index (χ3n) is 6.15. The molecular formula is C26H26N2O5S. The summed E-state index contributed by atoms with van der Waals surface area (Å²) in [6, 6.07) is 19.8. The lowest BCUT2D eigenvalue weighted by atomic mass is 10.00. The van der Waals surface area contributed by atoms with Crippen molar-refractivity contribution < 1.29 is 22.7 Å². The van der Waals surface area contributed by atoms with Gasteiger partial charge in [0, 0.05) is 19.2 Å². The first-order chi connectivity index (χ1) is 16.4. The molecule has 0 radical (unpaired) electrons. The van der Waals surface area contributed by atoms with E-state index in [0.717, 1.165) is 17.5 Å². The topological polar surface area (TPSA) is 76.2 Å². The summed E-state index contributed by atoms with van der Waals surface area (Å²) < 4.78 is 39.9. The van der Waals surface area contributed by atoms with Gasteiger partial charge in [0.15, 0.2) is 11.5 Å². The predicted molar refractivity (Wildman–Crippen MR) is 129 cm³/mol. The molecule has 3 aromatic carbocycles. The molecule has 176 valence electrons. The first kappa shape index (κ1) is 22.3. The first-order valence-electron chi connectivity index (χ1n) is 11.3. The molecule has 0 saturated carbocycles. The molecular weight excluding hydrogens is 452 g/mol. The molecule has 0 bridgehead atoms. The van der Waals surface area contributed by atoms with Gasteiger partial charge in [0.05, 0.1) is 10.6 Å². The fraction of sp³-hybridized carbons (Fsp3) is 0.269. The van der Waals surface area contributed by atoms with E-state index < -0.39 is 10.0 Å². The van der Waals surface area contributed by atoms with E-state index in [0.29, 0.717) is 43.5 Å². The minimum Gasteiger partial charge on any atom is -0.486 e. The van der Waals surface area contributed by atoms with Crippen molar-refractivity contribution in [3.05, 3.63) is 83.4 Å². The van der Waals surface area contributed by atoms with Gasteiger partial charge in [0.1, 0.15) is 19.8 Å². The van der Waals surface area contributed by atoms with E-state index in [-0.39, 0.29) is 17.3 Å². The van der Waals surface area contributed by atoms with Crippen LogP contribution >= 0.6 is 0 Å². The second-order valence-corrected chi connectivity index (χ2v) is 10.4. The largest absolute Gasteiger partial charge is 0.486 e. The van der Waals surface area contributed by atoms with Crippen molar-refractivity contribution in [2.45, 2.75) is 24.8 Å². The summed E-state index contributed by atoms with van der Waals surface area (Å²) in [5.41, 5.74) is 3.67. The van der Waals surface area contributed by atoms with Crippen molar-refractivity contribution in [1.82, 2.24) is 4.90 Å². The lowest BCUT2D eigenvalue weighted by molar-refractivity contribution is -0.130. The number of nitrogens with zero attached hydrogens (tertiary/aromatic N) is 2. The fourth-order valence-corrected chi connectivity index (χ4v) is 5.76. The molecule has 2 heterocycles. The van der Waals surface area contributed by atoms with Gasteiger partial charge in [-0.1, -0.05) is 36.4 Å². The Morgan fingerprint density at radius 1 is 0.941 bits per heavy atom. The summed E-state index contributed by atoms with van der Waals surface area (Å²) >= 11 is 0. The van der Waals surface area contributed by atoms with Crippen LogP contribution in [0.15, 0.2) is 71.6 Å². The zero-order chi connectivity index (χ0) is 23.7. The molecule has 0 spiro atoms. The molecule has 0 N–H and O–H groups in total. The Morgan fingerprint density at radius 3 is 2.50 bits per heavy atom. The second kappa shape index (κ2) is 9.02. The average molecular weight is 479 g/mol. The van der Waals surface area contributed by atoms with Crippen molar-refractivity contribution in [3.63, 3.8) is 0 Å². The number of ether oxygens (including phenoxy) is 2. The molecule has 0 saturated heterocycles. The van der Waals surface area contributed by atoms with Crippen LogP contribution in [-0.2, 0) is 27.8 Å². The van der Waals surface area contributed by atoms with Crippen molar-refractivity contribution >= 4 is 21.6 Å². The van der Waals surface area contributed by atoms with Gasteiger partial charge in [-0.05, 0) is 54.3 Å². The van der Waals surface area contributed by atoms with Crippen LogP contribution in [0.3, 0.4) is 0 Å². The maximum absolute atomic E-state index is 13.8. The highest BCUT2D eigenvalue weighted by Crippen LogP contribution is 2.34. The molecule has 1 amide bonds. The Bertz CT molecular complexity index is 1340. The highest BCUT2D eigenvalue weighted by molar-refractivity contribution is 7.92. The van der Waals surface area contributed by atoms with Gasteiger partial charge in [-0.3, -0.25) is 9.10 Å². The van der Waals surface area contributed by atoms with Crippen LogP contribution in [-0.4, -0.2) is 45.5 Å². The summed E-state index contributed by atoms with van der Waals surface area (Å²) in [5.74, 6) is 0.656. The smallest absolute Gasteiger partial charge is 0.264 e. The third kappa shape index (κ3) is 4.33. The molecule has 34 heavy (non-hydrogen) atoms.